The lowest BCUT2D eigenvalue weighted by atomic mass is 9.87. The van der Waals surface area contributed by atoms with Gasteiger partial charge in [-0.15, -0.1) is 0 Å². The SMILES string of the molecule is Cc1ccc(-n2nc(C3CCN(C4CCC4)CC3)cc2NC(=O)c2cnn3cccnc23)c(F)c1. The number of hydrogen-bond acceptors (Lipinski definition) is 5. The Morgan fingerprint density at radius 3 is 2.71 bits per heavy atom. The molecule has 8 nitrogen and oxygen atoms in total. The van der Waals surface area contributed by atoms with Crippen molar-refractivity contribution >= 4 is 17.4 Å². The van der Waals surface area contributed by atoms with Crippen LogP contribution < -0.4 is 5.32 Å². The van der Waals surface area contributed by atoms with Crippen LogP contribution in [0.3, 0.4) is 0 Å². The third kappa shape index (κ3) is 4.10. The maximum Gasteiger partial charge on any atom is 0.262 e. The molecule has 9 heteroatoms. The molecule has 0 radical (unpaired) electrons. The van der Waals surface area contributed by atoms with Crippen molar-refractivity contribution < 1.29 is 9.18 Å². The average molecular weight is 474 g/mol. The predicted molar refractivity (Wildman–Crippen MR) is 130 cm³/mol. The Balaban J connectivity index is 1.31. The molecule has 35 heavy (non-hydrogen) atoms. The minimum absolute atomic E-state index is 0.274. The van der Waals surface area contributed by atoms with Crippen LogP contribution in [-0.2, 0) is 0 Å². The van der Waals surface area contributed by atoms with Crippen LogP contribution in [0.1, 0.15) is 59.6 Å². The molecule has 0 unspecified atom stereocenters. The molecule has 6 rings (SSSR count). The van der Waals surface area contributed by atoms with Gasteiger partial charge in [-0.1, -0.05) is 12.5 Å². The first-order valence-electron chi connectivity index (χ1n) is 12.3. The number of benzene rings is 1. The number of fused-ring (bicyclic) bond motifs is 1. The largest absolute Gasteiger partial charge is 0.306 e. The Kier molecular flexibility index (Phi) is 5.56. The second-order valence-electron chi connectivity index (χ2n) is 9.62. The number of halogens is 1. The van der Waals surface area contributed by atoms with Crippen LogP contribution in [0.4, 0.5) is 10.2 Å². The highest BCUT2D eigenvalue weighted by Gasteiger charge is 2.31. The summed E-state index contributed by atoms with van der Waals surface area (Å²) < 4.78 is 18.0. The lowest BCUT2D eigenvalue weighted by Gasteiger charge is -2.41. The number of amides is 1. The second kappa shape index (κ2) is 8.88. The molecular weight excluding hydrogens is 445 g/mol. The molecule has 0 atom stereocenters. The molecule has 1 amide bonds. The normalized spacial score (nSPS) is 17.5. The number of carbonyl (C=O) groups is 1. The van der Waals surface area contributed by atoms with Gasteiger partial charge in [0, 0.05) is 30.4 Å². The molecule has 3 aromatic heterocycles. The number of piperidine rings is 1. The van der Waals surface area contributed by atoms with E-state index in [0.717, 1.165) is 43.2 Å². The molecule has 4 heterocycles. The summed E-state index contributed by atoms with van der Waals surface area (Å²) in [6.45, 7) is 3.95. The van der Waals surface area contributed by atoms with E-state index < -0.39 is 0 Å². The van der Waals surface area contributed by atoms with Crippen molar-refractivity contribution in [2.45, 2.75) is 51.0 Å². The van der Waals surface area contributed by atoms with E-state index in [1.165, 1.54) is 36.2 Å². The van der Waals surface area contributed by atoms with Crippen LogP contribution in [-0.4, -0.2) is 54.3 Å². The number of carbonyl (C=O) groups excluding carboxylic acids is 1. The minimum atomic E-state index is -0.382. The number of nitrogens with zero attached hydrogens (tertiary/aromatic N) is 6. The van der Waals surface area contributed by atoms with Crippen LogP contribution >= 0.6 is 0 Å². The number of aromatic nitrogens is 5. The Bertz CT molecular complexity index is 1380. The van der Waals surface area contributed by atoms with Crippen LogP contribution in [0, 0.1) is 12.7 Å². The van der Waals surface area contributed by atoms with E-state index in [2.05, 4.69) is 20.3 Å². The standard InChI is InChI=1S/C26H28FN7O/c1-17-6-7-23(21(27)14-17)34-24(30-26(35)20-16-29-33-11-3-10-28-25(20)33)15-22(31-34)18-8-12-32(13-9-18)19-4-2-5-19/h3,6-7,10-11,14-16,18-19H,2,4-5,8-9,12-13H2,1H3,(H,30,35). The molecule has 0 spiro atoms. The quantitative estimate of drug-likeness (QED) is 0.466. The van der Waals surface area contributed by atoms with Crippen molar-refractivity contribution in [3.05, 3.63) is 71.6 Å². The van der Waals surface area contributed by atoms with E-state index in [9.17, 15) is 9.18 Å². The summed E-state index contributed by atoms with van der Waals surface area (Å²) >= 11 is 0. The molecule has 1 aromatic carbocycles. The summed E-state index contributed by atoms with van der Waals surface area (Å²) in [5.41, 5.74) is 2.82. The molecular formula is C26H28FN7O. The van der Waals surface area contributed by atoms with Crippen molar-refractivity contribution in [3.8, 4) is 5.69 Å². The van der Waals surface area contributed by atoms with E-state index in [-0.39, 0.29) is 17.6 Å². The highest BCUT2D eigenvalue weighted by molar-refractivity contribution is 6.07. The fraction of sp³-hybridized carbons (Fsp3) is 0.385. The smallest absolute Gasteiger partial charge is 0.262 e. The van der Waals surface area contributed by atoms with Crippen LogP contribution in [0.5, 0.6) is 0 Å². The fourth-order valence-electron chi connectivity index (χ4n) is 5.14. The Morgan fingerprint density at radius 2 is 1.97 bits per heavy atom. The maximum atomic E-state index is 15.0. The van der Waals surface area contributed by atoms with Gasteiger partial charge >= 0.3 is 0 Å². The number of rotatable bonds is 5. The lowest BCUT2D eigenvalue weighted by Crippen LogP contribution is -2.44. The molecule has 4 aromatic rings. The van der Waals surface area contributed by atoms with Gasteiger partial charge in [0.2, 0.25) is 0 Å². The number of hydrogen-bond donors (Lipinski definition) is 1. The highest BCUT2D eigenvalue weighted by atomic mass is 19.1. The zero-order valence-corrected chi connectivity index (χ0v) is 19.7. The fourth-order valence-corrected chi connectivity index (χ4v) is 5.14. The van der Waals surface area contributed by atoms with Crippen molar-refractivity contribution in [2.24, 2.45) is 0 Å². The van der Waals surface area contributed by atoms with E-state index in [0.29, 0.717) is 22.7 Å². The lowest BCUT2D eigenvalue weighted by molar-refractivity contribution is 0.0969. The van der Waals surface area contributed by atoms with Crippen LogP contribution in [0.25, 0.3) is 11.3 Å². The summed E-state index contributed by atoms with van der Waals surface area (Å²) in [4.78, 5) is 20.1. The van der Waals surface area contributed by atoms with Gasteiger partial charge in [-0.25, -0.2) is 18.6 Å². The number of likely N-dealkylation sites (tertiary alicyclic amines) is 1. The number of anilines is 1. The third-order valence-corrected chi connectivity index (χ3v) is 7.36. The molecule has 1 aliphatic heterocycles. The number of nitrogens with one attached hydrogen (secondary N) is 1. The molecule has 180 valence electrons. The molecule has 2 aliphatic rings. The van der Waals surface area contributed by atoms with E-state index >= 15 is 0 Å². The van der Waals surface area contributed by atoms with Gasteiger partial charge in [0.05, 0.1) is 11.9 Å². The molecule has 1 saturated carbocycles. The summed E-state index contributed by atoms with van der Waals surface area (Å²) in [6, 6.07) is 9.41. The molecule has 1 saturated heterocycles. The monoisotopic (exact) mass is 473 g/mol. The summed E-state index contributed by atoms with van der Waals surface area (Å²) in [5, 5.41) is 11.9. The van der Waals surface area contributed by atoms with Gasteiger partial charge in [-0.2, -0.15) is 10.2 Å². The van der Waals surface area contributed by atoms with Crippen molar-refractivity contribution in [1.29, 1.82) is 0 Å². The maximum absolute atomic E-state index is 15.0. The molecule has 1 aliphatic carbocycles. The summed E-state index contributed by atoms with van der Waals surface area (Å²) in [7, 11) is 0. The van der Waals surface area contributed by atoms with Gasteiger partial charge < -0.3 is 10.2 Å². The van der Waals surface area contributed by atoms with Gasteiger partial charge in [0.25, 0.3) is 5.91 Å². The Labute approximate surface area is 202 Å². The van der Waals surface area contributed by atoms with Crippen molar-refractivity contribution in [1.82, 2.24) is 29.3 Å². The highest BCUT2D eigenvalue weighted by Crippen LogP contribution is 2.34. The van der Waals surface area contributed by atoms with E-state index in [4.69, 9.17) is 5.10 Å². The molecule has 2 fully saturated rings. The minimum Gasteiger partial charge on any atom is -0.306 e. The predicted octanol–water partition coefficient (Wildman–Crippen LogP) is 4.35. The Hall–Kier alpha value is -3.59. The molecule has 1 N–H and O–H groups in total. The van der Waals surface area contributed by atoms with Crippen LogP contribution in [0.2, 0.25) is 0 Å². The third-order valence-electron chi connectivity index (χ3n) is 7.36. The zero-order valence-electron chi connectivity index (χ0n) is 19.7. The van der Waals surface area contributed by atoms with Gasteiger partial charge in [0.1, 0.15) is 22.9 Å². The summed E-state index contributed by atoms with van der Waals surface area (Å²) in [6.07, 6.45) is 10.8. The average Bonchev–Trinajstić information content (AvgIpc) is 3.43. The second-order valence-corrected chi connectivity index (χ2v) is 9.62. The summed E-state index contributed by atoms with van der Waals surface area (Å²) in [5.74, 6) is -0.0360. The van der Waals surface area contributed by atoms with Gasteiger partial charge in [-0.05, 0) is 69.5 Å². The van der Waals surface area contributed by atoms with Crippen LogP contribution in [0.15, 0.2) is 48.9 Å². The van der Waals surface area contributed by atoms with Gasteiger partial charge in [-0.3, -0.25) is 4.79 Å². The zero-order chi connectivity index (χ0) is 23.9. The topological polar surface area (TPSA) is 80.4 Å². The molecule has 0 bridgehead atoms. The first-order chi connectivity index (χ1) is 17.1. The first kappa shape index (κ1) is 21.9. The van der Waals surface area contributed by atoms with E-state index in [1.54, 1.807) is 29.0 Å². The Morgan fingerprint density at radius 1 is 1.14 bits per heavy atom. The van der Waals surface area contributed by atoms with Crippen molar-refractivity contribution in [2.75, 3.05) is 18.4 Å². The number of aryl methyl sites for hydroxylation is 1. The first-order valence-corrected chi connectivity index (χ1v) is 12.3. The van der Waals surface area contributed by atoms with E-state index in [1.807, 2.05) is 19.1 Å². The van der Waals surface area contributed by atoms with Crippen molar-refractivity contribution in [3.63, 3.8) is 0 Å². The van der Waals surface area contributed by atoms with Gasteiger partial charge in [0.15, 0.2) is 5.65 Å².